The average molecular weight is 596 g/mol. The normalized spacial score (nSPS) is 12.5. The molecular weight excluding hydrogens is 561 g/mol. The fourth-order valence-electron chi connectivity index (χ4n) is 5.02. The van der Waals surface area contributed by atoms with Crippen molar-refractivity contribution in [2.75, 3.05) is 32.6 Å². The lowest BCUT2D eigenvalue weighted by molar-refractivity contribution is 0.176. The van der Waals surface area contributed by atoms with Gasteiger partial charge in [0.1, 0.15) is 30.1 Å². The van der Waals surface area contributed by atoms with Gasteiger partial charge in [0.15, 0.2) is 5.82 Å². The second kappa shape index (κ2) is 12.3. The lowest BCUT2D eigenvalue weighted by Crippen LogP contribution is -2.20. The van der Waals surface area contributed by atoms with Gasteiger partial charge in [-0.05, 0) is 56.3 Å². The molecule has 44 heavy (non-hydrogen) atoms. The van der Waals surface area contributed by atoms with Crippen molar-refractivity contribution in [1.29, 1.82) is 0 Å². The van der Waals surface area contributed by atoms with Crippen molar-refractivity contribution < 1.29 is 14.2 Å². The molecule has 0 fully saturated rings. The van der Waals surface area contributed by atoms with E-state index < -0.39 is 12.0 Å². The molecule has 0 aliphatic rings. The number of benzene rings is 1. The van der Waals surface area contributed by atoms with Crippen LogP contribution in [0.25, 0.3) is 55.8 Å². The monoisotopic (exact) mass is 595 g/mol. The number of nitrogens with one attached hydrogen (secondary N) is 3. The Bertz CT molecular complexity index is 1920. The van der Waals surface area contributed by atoms with E-state index in [0.29, 0.717) is 76.3 Å². The van der Waals surface area contributed by atoms with Gasteiger partial charge < -0.3 is 25.0 Å². The number of pyridine rings is 3. The molecule has 226 valence electrons. The Morgan fingerprint density at radius 3 is 2.64 bits per heavy atom. The first-order chi connectivity index (χ1) is 21.2. The van der Waals surface area contributed by atoms with Gasteiger partial charge in [-0.25, -0.2) is 9.37 Å². The third kappa shape index (κ3) is 6.36. The van der Waals surface area contributed by atoms with Crippen LogP contribution in [-0.2, 0) is 0 Å². The van der Waals surface area contributed by atoms with Gasteiger partial charge in [-0.1, -0.05) is 13.8 Å². The largest absolute Gasteiger partial charge is 0.492 e. The fourth-order valence-corrected chi connectivity index (χ4v) is 5.02. The molecule has 0 aliphatic carbocycles. The SMILES string of the molecule is CC(C)CC(O)Nc1cncc(-c2cc3c(-c4nc5c(-c6cc(F)cc(OCCN(C)C)c6)cncc5[nH]4)n[nH]c3cn2)c1. The molecule has 0 spiro atoms. The number of anilines is 1. The van der Waals surface area contributed by atoms with Crippen LogP contribution in [0, 0.1) is 11.7 Å². The van der Waals surface area contributed by atoms with Crippen molar-refractivity contribution in [3.05, 3.63) is 67.1 Å². The zero-order valence-corrected chi connectivity index (χ0v) is 25.0. The van der Waals surface area contributed by atoms with E-state index in [-0.39, 0.29) is 0 Å². The molecule has 0 saturated heterocycles. The van der Waals surface area contributed by atoms with Gasteiger partial charge >= 0.3 is 0 Å². The van der Waals surface area contributed by atoms with Crippen LogP contribution in [0.5, 0.6) is 5.75 Å². The van der Waals surface area contributed by atoms with Crippen molar-refractivity contribution in [2.24, 2.45) is 5.92 Å². The molecule has 1 unspecified atom stereocenters. The maximum absolute atomic E-state index is 14.6. The van der Waals surface area contributed by atoms with Crippen LogP contribution < -0.4 is 10.1 Å². The Morgan fingerprint density at radius 2 is 1.82 bits per heavy atom. The molecule has 1 atom stereocenters. The minimum atomic E-state index is -0.676. The molecule has 0 radical (unpaired) electrons. The minimum absolute atomic E-state index is 0.348. The summed E-state index contributed by atoms with van der Waals surface area (Å²) in [6, 6.07) is 8.45. The molecule has 5 aromatic heterocycles. The summed E-state index contributed by atoms with van der Waals surface area (Å²) in [7, 11) is 3.91. The fraction of sp³-hybridized carbons (Fsp3) is 0.281. The number of aliphatic hydroxyl groups is 1. The third-order valence-corrected chi connectivity index (χ3v) is 7.12. The smallest absolute Gasteiger partial charge is 0.159 e. The summed E-state index contributed by atoms with van der Waals surface area (Å²) >= 11 is 0. The van der Waals surface area contributed by atoms with Crippen molar-refractivity contribution in [3.63, 3.8) is 0 Å². The zero-order chi connectivity index (χ0) is 30.8. The average Bonchev–Trinajstić information content (AvgIpc) is 3.60. The van der Waals surface area contributed by atoms with E-state index in [4.69, 9.17) is 9.72 Å². The highest BCUT2D eigenvalue weighted by Gasteiger charge is 2.18. The highest BCUT2D eigenvalue weighted by molar-refractivity contribution is 5.97. The van der Waals surface area contributed by atoms with E-state index in [1.165, 1.54) is 12.1 Å². The number of aliphatic hydroxyl groups excluding tert-OH is 1. The summed E-state index contributed by atoms with van der Waals surface area (Å²) in [5.74, 6) is 0.912. The number of halogens is 1. The van der Waals surface area contributed by atoms with Gasteiger partial charge in [0.2, 0.25) is 0 Å². The van der Waals surface area contributed by atoms with E-state index in [2.05, 4.69) is 49.3 Å². The molecule has 6 aromatic rings. The van der Waals surface area contributed by atoms with Crippen LogP contribution in [-0.4, -0.2) is 78.6 Å². The number of fused-ring (bicyclic) bond motifs is 2. The quantitative estimate of drug-likeness (QED) is 0.143. The van der Waals surface area contributed by atoms with E-state index >= 15 is 0 Å². The molecular formula is C32H34FN9O2. The molecule has 1 aromatic carbocycles. The maximum Gasteiger partial charge on any atom is 0.159 e. The topological polar surface area (TPSA) is 141 Å². The summed E-state index contributed by atoms with van der Waals surface area (Å²) in [5.41, 5.74) is 6.11. The van der Waals surface area contributed by atoms with Crippen LogP contribution in [0.1, 0.15) is 20.3 Å². The second-order valence-electron chi connectivity index (χ2n) is 11.4. The van der Waals surface area contributed by atoms with Crippen molar-refractivity contribution in [2.45, 2.75) is 26.5 Å². The van der Waals surface area contributed by atoms with Crippen LogP contribution >= 0.6 is 0 Å². The Balaban J connectivity index is 1.33. The number of hydrogen-bond donors (Lipinski definition) is 4. The lowest BCUT2D eigenvalue weighted by Gasteiger charge is -2.16. The maximum atomic E-state index is 14.6. The van der Waals surface area contributed by atoms with Gasteiger partial charge in [0.05, 0.1) is 46.5 Å². The molecule has 0 aliphatic heterocycles. The molecule has 0 saturated carbocycles. The zero-order valence-electron chi connectivity index (χ0n) is 25.0. The van der Waals surface area contributed by atoms with Crippen molar-refractivity contribution >= 4 is 27.6 Å². The first-order valence-corrected chi connectivity index (χ1v) is 14.4. The summed E-state index contributed by atoms with van der Waals surface area (Å²) in [6.45, 7) is 5.26. The predicted octanol–water partition coefficient (Wildman–Crippen LogP) is 5.48. The second-order valence-corrected chi connectivity index (χ2v) is 11.4. The summed E-state index contributed by atoms with van der Waals surface area (Å²) in [6.07, 6.45) is 8.41. The van der Waals surface area contributed by atoms with E-state index in [1.54, 1.807) is 37.1 Å². The van der Waals surface area contributed by atoms with E-state index in [9.17, 15) is 9.50 Å². The van der Waals surface area contributed by atoms with Gasteiger partial charge in [-0.2, -0.15) is 5.10 Å². The van der Waals surface area contributed by atoms with Crippen molar-refractivity contribution in [3.8, 4) is 39.7 Å². The number of aromatic amines is 2. The standard InChI is InChI=1S/C32H34FN9O2/c1-18(2)7-29(43)37-22-9-20(13-34-14-22)26-12-24-27(17-36-26)40-41-31(24)32-38-28-16-35-15-25(30(28)39-32)19-8-21(33)11-23(10-19)44-6-5-42(3)4/h8-18,29,37,43H,5-7H2,1-4H3,(H,38,39)(H,40,41). The first-order valence-electron chi connectivity index (χ1n) is 14.4. The number of likely N-dealkylation sites (N-methyl/N-ethyl adjacent to an activating group) is 1. The van der Waals surface area contributed by atoms with E-state index in [1.807, 2.05) is 31.1 Å². The molecule has 0 bridgehead atoms. The first kappa shape index (κ1) is 29.1. The Kier molecular flexibility index (Phi) is 8.18. The highest BCUT2D eigenvalue weighted by Crippen LogP contribution is 2.34. The van der Waals surface area contributed by atoms with Crippen LogP contribution in [0.4, 0.5) is 10.1 Å². The highest BCUT2D eigenvalue weighted by atomic mass is 19.1. The van der Waals surface area contributed by atoms with Gasteiger partial charge in [0, 0.05) is 41.5 Å². The summed E-state index contributed by atoms with van der Waals surface area (Å²) in [4.78, 5) is 23.5. The Hall–Kier alpha value is -4.94. The van der Waals surface area contributed by atoms with Crippen LogP contribution in [0.2, 0.25) is 0 Å². The molecule has 4 N–H and O–H groups in total. The van der Waals surface area contributed by atoms with Crippen molar-refractivity contribution in [1.82, 2.24) is 40.0 Å². The number of hydrogen-bond acceptors (Lipinski definition) is 9. The number of H-pyrrole nitrogens is 2. The molecule has 12 heteroatoms. The number of rotatable bonds is 11. The number of aromatic nitrogens is 7. The molecule has 11 nitrogen and oxygen atoms in total. The van der Waals surface area contributed by atoms with Gasteiger partial charge in [0.25, 0.3) is 0 Å². The molecule has 5 heterocycles. The van der Waals surface area contributed by atoms with E-state index in [0.717, 1.165) is 16.5 Å². The van der Waals surface area contributed by atoms with Gasteiger partial charge in [-0.15, -0.1) is 0 Å². The summed E-state index contributed by atoms with van der Waals surface area (Å²) in [5, 5.41) is 21.8. The third-order valence-electron chi connectivity index (χ3n) is 7.12. The molecule has 6 rings (SSSR count). The predicted molar refractivity (Wildman–Crippen MR) is 169 cm³/mol. The number of imidazole rings is 1. The minimum Gasteiger partial charge on any atom is -0.492 e. The van der Waals surface area contributed by atoms with Crippen LogP contribution in [0.3, 0.4) is 0 Å². The Morgan fingerprint density at radius 1 is 0.977 bits per heavy atom. The van der Waals surface area contributed by atoms with Gasteiger partial charge in [-0.3, -0.25) is 20.1 Å². The van der Waals surface area contributed by atoms with Crippen LogP contribution in [0.15, 0.2) is 61.3 Å². The lowest BCUT2D eigenvalue weighted by atomic mass is 10.1. The molecule has 0 amide bonds. The number of nitrogens with zero attached hydrogens (tertiary/aromatic N) is 6. The Labute approximate surface area is 253 Å². The summed E-state index contributed by atoms with van der Waals surface area (Å²) < 4.78 is 20.4. The number of ether oxygens (including phenoxy) is 1.